The monoisotopic (exact) mass is 214 g/mol. The molecule has 0 radical (unpaired) electrons. The predicted molar refractivity (Wildman–Crippen MR) is 68.2 cm³/mol. The van der Waals surface area contributed by atoms with Crippen LogP contribution in [0.5, 0.6) is 0 Å². The molecule has 1 nitrogen and oxygen atoms in total. The van der Waals surface area contributed by atoms with Crippen molar-refractivity contribution in [3.63, 3.8) is 0 Å². The highest BCUT2D eigenvalue weighted by molar-refractivity contribution is 4.85. The van der Waals surface area contributed by atoms with E-state index in [0.29, 0.717) is 12.2 Å². The first-order chi connectivity index (χ1) is 7.20. The molecule has 2 atom stereocenters. The molecule has 1 aliphatic carbocycles. The average molecular weight is 214 g/mol. The van der Waals surface area contributed by atoms with E-state index >= 15 is 0 Å². The third kappa shape index (κ3) is 8.92. The Hall–Kier alpha value is -0.0400. The highest BCUT2D eigenvalue weighted by Crippen LogP contribution is 2.33. The Bertz CT molecular complexity index is 117. The first kappa shape index (κ1) is 15.0. The molecule has 1 aliphatic heterocycles. The Morgan fingerprint density at radius 1 is 0.800 bits per heavy atom. The fourth-order valence-corrected chi connectivity index (χ4v) is 1.73. The first-order valence-electron chi connectivity index (χ1n) is 6.85. The number of ether oxygens (including phenoxy) is 1. The van der Waals surface area contributed by atoms with Crippen LogP contribution in [0.4, 0.5) is 0 Å². The van der Waals surface area contributed by atoms with E-state index in [1.54, 1.807) is 0 Å². The number of rotatable bonds is 0. The summed E-state index contributed by atoms with van der Waals surface area (Å²) >= 11 is 0. The quantitative estimate of drug-likeness (QED) is 0.528. The van der Waals surface area contributed by atoms with Crippen molar-refractivity contribution in [1.82, 2.24) is 0 Å². The van der Waals surface area contributed by atoms with Gasteiger partial charge < -0.3 is 4.74 Å². The molecule has 2 aliphatic rings. The van der Waals surface area contributed by atoms with Crippen LogP contribution in [-0.4, -0.2) is 12.2 Å². The summed E-state index contributed by atoms with van der Waals surface area (Å²) in [6.07, 6.45) is 9.73. The summed E-state index contributed by atoms with van der Waals surface area (Å²) in [4.78, 5) is 0. The lowest BCUT2D eigenvalue weighted by Gasteiger charge is -2.01. The van der Waals surface area contributed by atoms with Crippen LogP contribution < -0.4 is 0 Å². The molecule has 1 saturated carbocycles. The molecule has 0 aromatic heterocycles. The van der Waals surface area contributed by atoms with Crippen LogP contribution in [0.3, 0.4) is 0 Å². The van der Waals surface area contributed by atoms with Crippen LogP contribution in [0, 0.1) is 5.92 Å². The van der Waals surface area contributed by atoms with Gasteiger partial charge in [-0.3, -0.25) is 0 Å². The highest BCUT2D eigenvalue weighted by atomic mass is 16.6. The molecule has 0 bridgehead atoms. The van der Waals surface area contributed by atoms with Crippen molar-refractivity contribution < 1.29 is 4.74 Å². The van der Waals surface area contributed by atoms with E-state index in [2.05, 4.69) is 20.8 Å². The zero-order valence-electron chi connectivity index (χ0n) is 11.4. The van der Waals surface area contributed by atoms with Gasteiger partial charge in [0.15, 0.2) is 0 Å². The second-order valence-electron chi connectivity index (χ2n) is 4.94. The first-order valence-corrected chi connectivity index (χ1v) is 6.85. The van der Waals surface area contributed by atoms with Gasteiger partial charge in [0.1, 0.15) is 0 Å². The van der Waals surface area contributed by atoms with Crippen LogP contribution in [0.1, 0.15) is 73.1 Å². The van der Waals surface area contributed by atoms with Crippen molar-refractivity contribution in [1.29, 1.82) is 0 Å². The Morgan fingerprint density at radius 2 is 1.13 bits per heavy atom. The SMILES string of the molecule is C1CCCC2OC2CC1.CC.CC(C)C. The molecule has 2 rings (SSSR count). The fraction of sp³-hybridized carbons (Fsp3) is 1.00. The number of fused-ring (bicyclic) bond motifs is 1. The maximum atomic E-state index is 5.44. The molecule has 0 N–H and O–H groups in total. The number of epoxide rings is 1. The van der Waals surface area contributed by atoms with Crippen molar-refractivity contribution in [2.24, 2.45) is 5.92 Å². The lowest BCUT2D eigenvalue weighted by Crippen LogP contribution is -1.97. The Labute approximate surface area is 96.6 Å². The Balaban J connectivity index is 0.000000282. The van der Waals surface area contributed by atoms with Gasteiger partial charge in [0, 0.05) is 0 Å². The van der Waals surface area contributed by atoms with E-state index in [4.69, 9.17) is 4.74 Å². The zero-order chi connectivity index (χ0) is 11.7. The van der Waals surface area contributed by atoms with E-state index in [-0.39, 0.29) is 0 Å². The normalized spacial score (nSPS) is 28.4. The second-order valence-corrected chi connectivity index (χ2v) is 4.94. The molecule has 2 unspecified atom stereocenters. The van der Waals surface area contributed by atoms with Gasteiger partial charge in [-0.1, -0.05) is 60.3 Å². The third-order valence-electron chi connectivity index (χ3n) is 2.41. The van der Waals surface area contributed by atoms with Crippen molar-refractivity contribution in [2.75, 3.05) is 0 Å². The molecule has 92 valence electrons. The summed E-state index contributed by atoms with van der Waals surface area (Å²) in [5.41, 5.74) is 0. The van der Waals surface area contributed by atoms with Gasteiger partial charge in [-0.25, -0.2) is 0 Å². The molecular weight excluding hydrogens is 184 g/mol. The van der Waals surface area contributed by atoms with Crippen molar-refractivity contribution in [2.45, 2.75) is 85.4 Å². The minimum Gasteiger partial charge on any atom is -0.370 e. The van der Waals surface area contributed by atoms with Crippen LogP contribution in [-0.2, 0) is 4.74 Å². The van der Waals surface area contributed by atoms with Crippen LogP contribution in [0.25, 0.3) is 0 Å². The lowest BCUT2D eigenvalue weighted by atomic mass is 10.0. The summed E-state index contributed by atoms with van der Waals surface area (Å²) in [5.74, 6) is 0.833. The van der Waals surface area contributed by atoms with E-state index in [9.17, 15) is 0 Å². The molecule has 2 fully saturated rings. The molecular formula is C14H30O. The van der Waals surface area contributed by atoms with Crippen LogP contribution in [0.2, 0.25) is 0 Å². The Morgan fingerprint density at radius 3 is 1.47 bits per heavy atom. The summed E-state index contributed by atoms with van der Waals surface area (Å²) in [6.45, 7) is 10.5. The standard InChI is InChI=1S/C8H14O.C4H10.C2H6/c1-2-4-6-8-7(9-8)5-3-1;1-4(2)3;1-2/h7-8H,1-6H2;4H,1-3H3;1-2H3. The smallest absolute Gasteiger partial charge is 0.0841 e. The van der Waals surface area contributed by atoms with Gasteiger partial charge in [0.05, 0.1) is 12.2 Å². The predicted octanol–water partition coefficient (Wildman–Crippen LogP) is 4.80. The van der Waals surface area contributed by atoms with Gasteiger partial charge >= 0.3 is 0 Å². The summed E-state index contributed by atoms with van der Waals surface area (Å²) < 4.78 is 5.44. The molecule has 0 aromatic rings. The molecule has 1 heteroatoms. The maximum absolute atomic E-state index is 5.44. The summed E-state index contributed by atoms with van der Waals surface area (Å²) in [5, 5.41) is 0. The van der Waals surface area contributed by atoms with Crippen LogP contribution >= 0.6 is 0 Å². The fourth-order valence-electron chi connectivity index (χ4n) is 1.73. The maximum Gasteiger partial charge on any atom is 0.0841 e. The molecule has 0 aromatic carbocycles. The van der Waals surface area contributed by atoms with Gasteiger partial charge in [0.2, 0.25) is 0 Å². The number of hydrogen-bond donors (Lipinski definition) is 0. The number of hydrogen-bond acceptors (Lipinski definition) is 1. The van der Waals surface area contributed by atoms with E-state index in [1.807, 2.05) is 13.8 Å². The molecule has 1 heterocycles. The molecule has 0 amide bonds. The van der Waals surface area contributed by atoms with Gasteiger partial charge in [-0.05, 0) is 18.8 Å². The van der Waals surface area contributed by atoms with E-state index in [0.717, 1.165) is 5.92 Å². The minimum atomic E-state index is 0.685. The van der Waals surface area contributed by atoms with E-state index < -0.39 is 0 Å². The molecule has 15 heavy (non-hydrogen) atoms. The van der Waals surface area contributed by atoms with Crippen molar-refractivity contribution in [3.05, 3.63) is 0 Å². The highest BCUT2D eigenvalue weighted by Gasteiger charge is 2.37. The zero-order valence-corrected chi connectivity index (χ0v) is 11.4. The summed E-state index contributed by atoms with van der Waals surface area (Å²) in [7, 11) is 0. The van der Waals surface area contributed by atoms with Gasteiger partial charge in [-0.2, -0.15) is 0 Å². The van der Waals surface area contributed by atoms with Crippen molar-refractivity contribution in [3.8, 4) is 0 Å². The van der Waals surface area contributed by atoms with E-state index in [1.165, 1.54) is 38.5 Å². The second kappa shape index (κ2) is 9.21. The third-order valence-corrected chi connectivity index (χ3v) is 2.41. The van der Waals surface area contributed by atoms with Crippen LogP contribution in [0.15, 0.2) is 0 Å². The minimum absolute atomic E-state index is 0.685. The lowest BCUT2D eigenvalue weighted by molar-refractivity contribution is 0.358. The van der Waals surface area contributed by atoms with Gasteiger partial charge in [0.25, 0.3) is 0 Å². The Kier molecular flexibility index (Phi) is 9.18. The summed E-state index contributed by atoms with van der Waals surface area (Å²) in [6, 6.07) is 0. The van der Waals surface area contributed by atoms with Gasteiger partial charge in [-0.15, -0.1) is 0 Å². The molecule has 1 saturated heterocycles. The molecule has 0 spiro atoms. The van der Waals surface area contributed by atoms with Crippen molar-refractivity contribution >= 4 is 0 Å². The average Bonchev–Trinajstić information content (AvgIpc) is 2.85. The largest absolute Gasteiger partial charge is 0.370 e. The topological polar surface area (TPSA) is 12.5 Å².